The first-order valence-corrected chi connectivity index (χ1v) is 8.83. The number of methoxy groups -OCH3 is 1. The number of rotatable bonds is 7. The molecule has 0 heterocycles. The molecule has 0 aliphatic carbocycles. The zero-order valence-electron chi connectivity index (χ0n) is 17.0. The van der Waals surface area contributed by atoms with E-state index in [-0.39, 0.29) is 16.9 Å². The van der Waals surface area contributed by atoms with Gasteiger partial charge in [0.15, 0.2) is 17.9 Å². The Morgan fingerprint density at radius 1 is 0.968 bits per heavy atom. The molecule has 0 bridgehead atoms. The lowest BCUT2D eigenvalue weighted by Crippen LogP contribution is -2.24. The average molecular weight is 434 g/mol. The van der Waals surface area contributed by atoms with Gasteiger partial charge in [-0.1, -0.05) is 12.1 Å². The fourth-order valence-electron chi connectivity index (χ4n) is 2.56. The molecule has 0 saturated heterocycles. The van der Waals surface area contributed by atoms with Crippen molar-refractivity contribution in [3.05, 3.63) is 57.9 Å². The van der Waals surface area contributed by atoms with Crippen molar-refractivity contribution in [1.82, 2.24) is 0 Å². The van der Waals surface area contributed by atoms with E-state index >= 15 is 0 Å². The Hall–Kier alpha value is -3.60. The van der Waals surface area contributed by atoms with Crippen LogP contribution in [0, 0.1) is 47.0 Å². The molecule has 2 aromatic rings. The SMILES string of the molecule is COC(C)OC(C)OC(=O)c1cccc(C)c1Oc1c(F)c(F)c(C#N)c(C#N)c1F. The van der Waals surface area contributed by atoms with E-state index in [0.29, 0.717) is 0 Å². The van der Waals surface area contributed by atoms with Gasteiger partial charge in [-0.3, -0.25) is 0 Å². The summed E-state index contributed by atoms with van der Waals surface area (Å²) in [6.45, 7) is 4.47. The summed E-state index contributed by atoms with van der Waals surface area (Å²) in [7, 11) is 1.39. The number of para-hydroxylation sites is 1. The van der Waals surface area contributed by atoms with Crippen LogP contribution in [0.1, 0.15) is 40.9 Å². The lowest BCUT2D eigenvalue weighted by atomic mass is 10.1. The van der Waals surface area contributed by atoms with Gasteiger partial charge >= 0.3 is 5.97 Å². The van der Waals surface area contributed by atoms with Crippen LogP contribution in [0.5, 0.6) is 11.5 Å². The predicted molar refractivity (Wildman–Crippen MR) is 99.4 cm³/mol. The average Bonchev–Trinajstić information content (AvgIpc) is 2.73. The Kier molecular flexibility index (Phi) is 7.59. The number of hydrogen-bond donors (Lipinski definition) is 0. The van der Waals surface area contributed by atoms with Crippen molar-refractivity contribution in [1.29, 1.82) is 10.5 Å². The predicted octanol–water partition coefficient (Wildman–Crippen LogP) is 4.46. The molecule has 162 valence electrons. The number of carbonyl (C=O) groups is 1. The van der Waals surface area contributed by atoms with Gasteiger partial charge in [-0.2, -0.15) is 14.9 Å². The molecule has 0 fully saturated rings. The Bertz CT molecular complexity index is 1090. The van der Waals surface area contributed by atoms with Crippen LogP contribution >= 0.6 is 0 Å². The van der Waals surface area contributed by atoms with Crippen LogP contribution in [-0.4, -0.2) is 25.7 Å². The summed E-state index contributed by atoms with van der Waals surface area (Å²) in [6, 6.07) is 6.75. The molecule has 0 amide bonds. The van der Waals surface area contributed by atoms with Gasteiger partial charge in [0, 0.05) is 7.11 Å². The van der Waals surface area contributed by atoms with E-state index in [1.54, 1.807) is 6.92 Å². The molecule has 0 aliphatic rings. The van der Waals surface area contributed by atoms with Crippen LogP contribution in [-0.2, 0) is 14.2 Å². The van der Waals surface area contributed by atoms with Crippen molar-refractivity contribution < 1.29 is 36.9 Å². The summed E-state index contributed by atoms with van der Waals surface area (Å²) in [5, 5.41) is 17.9. The van der Waals surface area contributed by atoms with Crippen molar-refractivity contribution in [3.8, 4) is 23.6 Å². The fourth-order valence-corrected chi connectivity index (χ4v) is 2.56. The summed E-state index contributed by atoms with van der Waals surface area (Å²) < 4.78 is 63.7. The lowest BCUT2D eigenvalue weighted by molar-refractivity contribution is -0.203. The molecule has 2 aromatic carbocycles. The summed E-state index contributed by atoms with van der Waals surface area (Å²) in [6.07, 6.45) is -1.72. The van der Waals surface area contributed by atoms with Gasteiger partial charge in [0.05, 0.1) is 0 Å². The van der Waals surface area contributed by atoms with Crippen molar-refractivity contribution in [2.24, 2.45) is 0 Å². The number of nitrogens with zero attached hydrogens (tertiary/aromatic N) is 2. The first-order chi connectivity index (χ1) is 14.7. The molecule has 2 rings (SSSR count). The van der Waals surface area contributed by atoms with E-state index < -0.39 is 52.9 Å². The van der Waals surface area contributed by atoms with Crippen LogP contribution in [0.4, 0.5) is 13.2 Å². The molecule has 0 saturated carbocycles. The third-order valence-corrected chi connectivity index (χ3v) is 4.13. The van der Waals surface area contributed by atoms with Crippen molar-refractivity contribution in [2.75, 3.05) is 7.11 Å². The van der Waals surface area contributed by atoms with Gasteiger partial charge < -0.3 is 18.9 Å². The molecule has 31 heavy (non-hydrogen) atoms. The zero-order chi connectivity index (χ0) is 23.3. The number of ether oxygens (including phenoxy) is 4. The molecule has 2 atom stereocenters. The highest BCUT2D eigenvalue weighted by molar-refractivity contribution is 5.93. The molecule has 0 aliphatic heterocycles. The van der Waals surface area contributed by atoms with Gasteiger partial charge in [0.25, 0.3) is 0 Å². The Balaban J connectivity index is 2.49. The molecule has 0 aromatic heterocycles. The second-order valence-corrected chi connectivity index (χ2v) is 6.21. The maximum Gasteiger partial charge on any atom is 0.344 e. The number of aryl methyl sites for hydroxylation is 1. The minimum Gasteiger partial charge on any atom is -0.450 e. The second-order valence-electron chi connectivity index (χ2n) is 6.21. The molecular formula is C21H17F3N2O5. The highest BCUT2D eigenvalue weighted by Crippen LogP contribution is 2.36. The van der Waals surface area contributed by atoms with Crippen LogP contribution < -0.4 is 4.74 Å². The number of carbonyl (C=O) groups excluding carboxylic acids is 1. The monoisotopic (exact) mass is 434 g/mol. The minimum atomic E-state index is -1.82. The first-order valence-electron chi connectivity index (χ1n) is 8.83. The van der Waals surface area contributed by atoms with Gasteiger partial charge in [0.2, 0.25) is 17.9 Å². The summed E-state index contributed by atoms with van der Waals surface area (Å²) in [5.74, 6) is -7.69. The van der Waals surface area contributed by atoms with E-state index in [4.69, 9.17) is 29.5 Å². The molecular weight excluding hydrogens is 417 g/mol. The minimum absolute atomic E-state index is 0.234. The van der Waals surface area contributed by atoms with Gasteiger partial charge in [-0.25, -0.2) is 13.6 Å². The van der Waals surface area contributed by atoms with Gasteiger partial charge in [-0.15, -0.1) is 0 Å². The fraction of sp³-hybridized carbons (Fsp3) is 0.286. The number of esters is 1. The van der Waals surface area contributed by atoms with E-state index in [1.165, 1.54) is 51.3 Å². The summed E-state index contributed by atoms with van der Waals surface area (Å²) in [4.78, 5) is 12.6. The van der Waals surface area contributed by atoms with Crippen molar-refractivity contribution in [2.45, 2.75) is 33.4 Å². The zero-order valence-corrected chi connectivity index (χ0v) is 17.0. The standard InChI is InChI=1S/C21H17F3N2O5/c1-10-6-5-7-13(21(27)30-12(3)29-11(2)28-4)19(10)31-20-17(23)15(9-26)14(8-25)16(22)18(20)24/h5-7,11-12H,1-4H3. The Morgan fingerprint density at radius 3 is 2.16 bits per heavy atom. The molecule has 10 heteroatoms. The highest BCUT2D eigenvalue weighted by Gasteiger charge is 2.29. The van der Waals surface area contributed by atoms with Crippen LogP contribution in [0.25, 0.3) is 0 Å². The molecule has 0 N–H and O–H groups in total. The topological polar surface area (TPSA) is 102 Å². The summed E-state index contributed by atoms with van der Waals surface area (Å²) in [5.41, 5.74) is -2.09. The Labute approximate surface area is 176 Å². The maximum atomic E-state index is 14.6. The number of benzene rings is 2. The number of hydrogen-bond acceptors (Lipinski definition) is 7. The van der Waals surface area contributed by atoms with E-state index in [0.717, 1.165) is 0 Å². The van der Waals surface area contributed by atoms with E-state index in [9.17, 15) is 18.0 Å². The maximum absolute atomic E-state index is 14.6. The van der Waals surface area contributed by atoms with E-state index in [1.807, 2.05) is 0 Å². The molecule has 7 nitrogen and oxygen atoms in total. The number of nitriles is 2. The quantitative estimate of drug-likeness (QED) is 0.360. The molecule has 0 spiro atoms. The largest absolute Gasteiger partial charge is 0.450 e. The third-order valence-electron chi connectivity index (χ3n) is 4.13. The van der Waals surface area contributed by atoms with Crippen molar-refractivity contribution in [3.63, 3.8) is 0 Å². The summed E-state index contributed by atoms with van der Waals surface area (Å²) >= 11 is 0. The lowest BCUT2D eigenvalue weighted by Gasteiger charge is -2.19. The Morgan fingerprint density at radius 2 is 1.58 bits per heavy atom. The van der Waals surface area contributed by atoms with Gasteiger partial charge in [0.1, 0.15) is 34.6 Å². The first kappa shape index (κ1) is 23.7. The van der Waals surface area contributed by atoms with E-state index in [2.05, 4.69) is 0 Å². The molecule has 2 unspecified atom stereocenters. The van der Waals surface area contributed by atoms with Crippen LogP contribution in [0.3, 0.4) is 0 Å². The van der Waals surface area contributed by atoms with Crippen LogP contribution in [0.15, 0.2) is 18.2 Å². The highest BCUT2D eigenvalue weighted by atomic mass is 19.2. The number of halogens is 3. The molecule has 0 radical (unpaired) electrons. The second kappa shape index (κ2) is 9.94. The van der Waals surface area contributed by atoms with Crippen molar-refractivity contribution >= 4 is 5.97 Å². The smallest absolute Gasteiger partial charge is 0.344 e. The van der Waals surface area contributed by atoms with Gasteiger partial charge in [-0.05, 0) is 32.4 Å². The normalized spacial score (nSPS) is 12.4. The van der Waals surface area contributed by atoms with Crippen LogP contribution in [0.2, 0.25) is 0 Å². The third kappa shape index (κ3) is 4.94.